The van der Waals surface area contributed by atoms with Gasteiger partial charge in [-0.2, -0.15) is 0 Å². The second-order valence-electron chi connectivity index (χ2n) is 2.12. The van der Waals surface area contributed by atoms with Gasteiger partial charge < -0.3 is 0 Å². The summed E-state index contributed by atoms with van der Waals surface area (Å²) >= 11 is 0. The summed E-state index contributed by atoms with van der Waals surface area (Å²) < 4.78 is 0. The molecular weight excluding hydrogens is 120 g/mol. The van der Waals surface area contributed by atoms with Gasteiger partial charge in [0.25, 0.3) is 5.91 Å². The van der Waals surface area contributed by atoms with Crippen LogP contribution in [-0.4, -0.2) is 36.2 Å². The summed E-state index contributed by atoms with van der Waals surface area (Å²) in [6.07, 6.45) is 0. The van der Waals surface area contributed by atoms with Crippen molar-refractivity contribution in [3.05, 3.63) is 0 Å². The number of amides is 1. The highest BCUT2D eigenvalue weighted by Crippen LogP contribution is 1.88. The molecule has 1 unspecified atom stereocenters. The molecule has 0 spiro atoms. The van der Waals surface area contributed by atoms with Gasteiger partial charge in [-0.1, -0.05) is 0 Å². The van der Waals surface area contributed by atoms with E-state index in [0.29, 0.717) is 0 Å². The monoisotopic (exact) mass is 132 g/mol. The van der Waals surface area contributed by atoms with Crippen LogP contribution in [0.3, 0.4) is 0 Å². The number of hydrogen-bond acceptors (Lipinski definition) is 3. The third kappa shape index (κ3) is 2.43. The number of hydroxylamine groups is 1. The highest BCUT2D eigenvalue weighted by Gasteiger charge is 2.12. The number of nitrogens with zero attached hydrogens (tertiary/aromatic N) is 1. The van der Waals surface area contributed by atoms with Crippen LogP contribution in [0.5, 0.6) is 0 Å². The quantitative estimate of drug-likeness (QED) is 0.391. The van der Waals surface area contributed by atoms with Crippen LogP contribution in [-0.2, 0) is 4.79 Å². The Labute approximate surface area is 54.4 Å². The number of likely N-dealkylation sites (N-methyl/N-ethyl adjacent to an activating group) is 1. The van der Waals surface area contributed by atoms with Crippen molar-refractivity contribution in [2.45, 2.75) is 13.0 Å². The minimum atomic E-state index is -0.389. The lowest BCUT2D eigenvalue weighted by Gasteiger charge is -2.16. The molecule has 0 aromatic carbocycles. The van der Waals surface area contributed by atoms with Gasteiger partial charge in [0.1, 0.15) is 0 Å². The van der Waals surface area contributed by atoms with Crippen molar-refractivity contribution in [3.8, 4) is 0 Å². The highest BCUT2D eigenvalue weighted by molar-refractivity contribution is 5.79. The van der Waals surface area contributed by atoms with E-state index in [9.17, 15) is 4.79 Å². The summed E-state index contributed by atoms with van der Waals surface area (Å²) in [7, 11) is 3.53. The molecular formula is C5H12N2O2. The van der Waals surface area contributed by atoms with Crippen LogP contribution in [0.15, 0.2) is 0 Å². The SMILES string of the molecule is CC(C(=O)NO)N(C)C. The Morgan fingerprint density at radius 3 is 2.22 bits per heavy atom. The van der Waals surface area contributed by atoms with E-state index >= 15 is 0 Å². The van der Waals surface area contributed by atoms with Crippen LogP contribution in [0.1, 0.15) is 6.92 Å². The molecule has 0 saturated heterocycles. The van der Waals surface area contributed by atoms with Gasteiger partial charge in [0, 0.05) is 0 Å². The van der Waals surface area contributed by atoms with Gasteiger partial charge in [0.15, 0.2) is 0 Å². The molecule has 4 nitrogen and oxygen atoms in total. The van der Waals surface area contributed by atoms with Crippen molar-refractivity contribution in [1.29, 1.82) is 0 Å². The first-order valence-corrected chi connectivity index (χ1v) is 2.70. The van der Waals surface area contributed by atoms with Crippen molar-refractivity contribution in [1.82, 2.24) is 10.4 Å². The van der Waals surface area contributed by atoms with E-state index < -0.39 is 0 Å². The van der Waals surface area contributed by atoms with Gasteiger partial charge >= 0.3 is 0 Å². The van der Waals surface area contributed by atoms with Gasteiger partial charge in [-0.25, -0.2) is 5.48 Å². The van der Waals surface area contributed by atoms with E-state index in [1.54, 1.807) is 31.4 Å². The van der Waals surface area contributed by atoms with Crippen LogP contribution in [0, 0.1) is 0 Å². The molecule has 0 saturated carbocycles. The number of nitrogens with one attached hydrogen (secondary N) is 1. The van der Waals surface area contributed by atoms with Crippen LogP contribution < -0.4 is 5.48 Å². The van der Waals surface area contributed by atoms with E-state index in [2.05, 4.69) is 0 Å². The molecule has 0 bridgehead atoms. The smallest absolute Gasteiger partial charge is 0.260 e. The molecule has 0 aliphatic carbocycles. The number of hydrogen-bond donors (Lipinski definition) is 2. The number of carbonyl (C=O) groups excluding carboxylic acids is 1. The Balaban J connectivity index is 3.72. The molecule has 0 aromatic rings. The first-order chi connectivity index (χ1) is 4.09. The molecule has 0 rings (SSSR count). The molecule has 0 aliphatic rings. The predicted molar refractivity (Wildman–Crippen MR) is 33.1 cm³/mol. The summed E-state index contributed by atoms with van der Waals surface area (Å²) in [6.45, 7) is 1.70. The Bertz CT molecular complexity index is 103. The zero-order chi connectivity index (χ0) is 7.44. The molecule has 1 amide bonds. The average Bonchev–Trinajstić information content (AvgIpc) is 1.84. The first kappa shape index (κ1) is 8.39. The lowest BCUT2D eigenvalue weighted by molar-refractivity contribution is -0.133. The van der Waals surface area contributed by atoms with Crippen LogP contribution in [0.4, 0.5) is 0 Å². The van der Waals surface area contributed by atoms with E-state index in [0.717, 1.165) is 0 Å². The number of rotatable bonds is 2. The molecule has 0 radical (unpaired) electrons. The molecule has 0 heterocycles. The molecule has 0 aromatic heterocycles. The third-order valence-corrected chi connectivity index (χ3v) is 1.26. The maximum absolute atomic E-state index is 10.6. The molecule has 9 heavy (non-hydrogen) atoms. The lowest BCUT2D eigenvalue weighted by atomic mass is 10.3. The van der Waals surface area contributed by atoms with Gasteiger partial charge in [-0.3, -0.25) is 14.9 Å². The van der Waals surface area contributed by atoms with Gasteiger partial charge in [-0.05, 0) is 21.0 Å². The highest BCUT2D eigenvalue weighted by atomic mass is 16.5. The summed E-state index contributed by atoms with van der Waals surface area (Å²) in [4.78, 5) is 12.3. The zero-order valence-corrected chi connectivity index (χ0v) is 5.88. The third-order valence-electron chi connectivity index (χ3n) is 1.26. The van der Waals surface area contributed by atoms with Gasteiger partial charge in [-0.15, -0.1) is 0 Å². The second-order valence-corrected chi connectivity index (χ2v) is 2.12. The van der Waals surface area contributed by atoms with Crippen molar-refractivity contribution in [2.75, 3.05) is 14.1 Å². The maximum Gasteiger partial charge on any atom is 0.260 e. The Hall–Kier alpha value is -0.610. The van der Waals surface area contributed by atoms with Crippen LogP contribution in [0.25, 0.3) is 0 Å². The largest absolute Gasteiger partial charge is 0.298 e. The minimum absolute atomic E-state index is 0.282. The van der Waals surface area contributed by atoms with Gasteiger partial charge in [0.05, 0.1) is 6.04 Å². The molecule has 2 N–H and O–H groups in total. The zero-order valence-electron chi connectivity index (χ0n) is 5.88. The molecule has 54 valence electrons. The Morgan fingerprint density at radius 2 is 2.11 bits per heavy atom. The standard InChI is InChI=1S/C5H12N2O2/c1-4(7(2)3)5(8)6-9/h4,9H,1-3H3,(H,6,8). The predicted octanol–water partition coefficient (Wildman–Crippen LogP) is -0.558. The maximum atomic E-state index is 10.6. The fraction of sp³-hybridized carbons (Fsp3) is 0.800. The fourth-order valence-electron chi connectivity index (χ4n) is 0.328. The van der Waals surface area contributed by atoms with Crippen LogP contribution >= 0.6 is 0 Å². The van der Waals surface area contributed by atoms with Crippen molar-refractivity contribution in [2.24, 2.45) is 0 Å². The summed E-state index contributed by atoms with van der Waals surface area (Å²) in [5.41, 5.74) is 1.57. The van der Waals surface area contributed by atoms with E-state index in [1.165, 1.54) is 0 Å². The van der Waals surface area contributed by atoms with Crippen LogP contribution in [0.2, 0.25) is 0 Å². The van der Waals surface area contributed by atoms with E-state index in [-0.39, 0.29) is 11.9 Å². The molecule has 1 atom stereocenters. The molecule has 4 heteroatoms. The van der Waals surface area contributed by atoms with E-state index in [4.69, 9.17) is 5.21 Å². The van der Waals surface area contributed by atoms with Crippen molar-refractivity contribution < 1.29 is 10.0 Å². The normalized spacial score (nSPS) is 13.4. The molecule has 0 aliphatic heterocycles. The van der Waals surface area contributed by atoms with Gasteiger partial charge in [0.2, 0.25) is 0 Å². The topological polar surface area (TPSA) is 52.6 Å². The fourth-order valence-corrected chi connectivity index (χ4v) is 0.328. The molecule has 0 fully saturated rings. The summed E-state index contributed by atoms with van der Waals surface area (Å²) in [5, 5.41) is 8.13. The Morgan fingerprint density at radius 1 is 1.67 bits per heavy atom. The minimum Gasteiger partial charge on any atom is -0.298 e. The average molecular weight is 132 g/mol. The summed E-state index contributed by atoms with van der Waals surface area (Å²) in [5.74, 6) is -0.389. The summed E-state index contributed by atoms with van der Waals surface area (Å²) in [6, 6.07) is -0.282. The lowest BCUT2D eigenvalue weighted by Crippen LogP contribution is -2.39. The Kier molecular flexibility index (Phi) is 3.19. The van der Waals surface area contributed by atoms with Crippen molar-refractivity contribution >= 4 is 5.91 Å². The van der Waals surface area contributed by atoms with Crippen molar-refractivity contribution in [3.63, 3.8) is 0 Å². The van der Waals surface area contributed by atoms with E-state index in [1.807, 2.05) is 0 Å². The second kappa shape index (κ2) is 3.42. The number of carbonyl (C=O) groups is 1. The first-order valence-electron chi connectivity index (χ1n) is 2.70.